The quantitative estimate of drug-likeness (QED) is 0.642. The Bertz CT molecular complexity index is 1070. The molecular formula is C19H20Cl2N6O2. The zero-order chi connectivity index (χ0) is 21.3. The van der Waals surface area contributed by atoms with Gasteiger partial charge in [-0.2, -0.15) is 10.2 Å². The van der Waals surface area contributed by atoms with Crippen molar-refractivity contribution in [2.24, 2.45) is 7.05 Å². The van der Waals surface area contributed by atoms with E-state index in [1.165, 1.54) is 11.9 Å². The summed E-state index contributed by atoms with van der Waals surface area (Å²) in [5.41, 5.74) is 3.84. The van der Waals surface area contributed by atoms with Gasteiger partial charge in [-0.25, -0.2) is 0 Å². The molecule has 0 saturated carbocycles. The Hall–Kier alpha value is -2.84. The Morgan fingerprint density at radius 3 is 2.48 bits per heavy atom. The highest BCUT2D eigenvalue weighted by Gasteiger charge is 2.21. The van der Waals surface area contributed by atoms with Gasteiger partial charge in [-0.05, 0) is 32.0 Å². The van der Waals surface area contributed by atoms with Gasteiger partial charge < -0.3 is 10.2 Å². The number of amides is 2. The second-order valence-corrected chi connectivity index (χ2v) is 7.46. The maximum absolute atomic E-state index is 12.7. The van der Waals surface area contributed by atoms with Crippen LogP contribution < -0.4 is 5.32 Å². The molecule has 2 N–H and O–H groups in total. The van der Waals surface area contributed by atoms with Crippen molar-refractivity contribution in [2.45, 2.75) is 13.8 Å². The number of rotatable bonds is 5. The highest BCUT2D eigenvalue weighted by atomic mass is 35.5. The summed E-state index contributed by atoms with van der Waals surface area (Å²) >= 11 is 12.1. The van der Waals surface area contributed by atoms with E-state index in [1.807, 2.05) is 20.9 Å². The van der Waals surface area contributed by atoms with Crippen LogP contribution in [-0.4, -0.2) is 50.3 Å². The van der Waals surface area contributed by atoms with Gasteiger partial charge >= 0.3 is 0 Å². The smallest absolute Gasteiger partial charge is 0.272 e. The molecule has 0 bridgehead atoms. The number of anilines is 1. The lowest BCUT2D eigenvalue weighted by Gasteiger charge is -2.16. The molecule has 0 aliphatic carbocycles. The van der Waals surface area contributed by atoms with Crippen molar-refractivity contribution in [3.8, 4) is 11.3 Å². The molecule has 0 saturated heterocycles. The molecule has 152 valence electrons. The van der Waals surface area contributed by atoms with Crippen LogP contribution in [0.4, 0.5) is 5.69 Å². The Balaban J connectivity index is 1.71. The fourth-order valence-corrected chi connectivity index (χ4v) is 3.48. The molecule has 1 aromatic carbocycles. The monoisotopic (exact) mass is 434 g/mol. The number of nitrogens with zero attached hydrogens (tertiary/aromatic N) is 4. The number of likely N-dealkylation sites (N-methyl/N-ethyl adjacent to an activating group) is 1. The summed E-state index contributed by atoms with van der Waals surface area (Å²) in [5.74, 6) is -0.794. The number of para-hydroxylation sites is 1. The van der Waals surface area contributed by atoms with E-state index in [0.29, 0.717) is 21.4 Å². The van der Waals surface area contributed by atoms with Crippen LogP contribution in [0.3, 0.4) is 0 Å². The summed E-state index contributed by atoms with van der Waals surface area (Å²) in [7, 11) is 3.37. The Morgan fingerprint density at radius 1 is 1.24 bits per heavy atom. The van der Waals surface area contributed by atoms with Gasteiger partial charge in [0, 0.05) is 25.4 Å². The number of aromatic amines is 1. The highest BCUT2D eigenvalue weighted by Crippen LogP contribution is 2.29. The summed E-state index contributed by atoms with van der Waals surface area (Å²) in [6.45, 7) is 3.64. The molecule has 2 aromatic heterocycles. The van der Waals surface area contributed by atoms with Crippen LogP contribution in [0, 0.1) is 13.8 Å². The van der Waals surface area contributed by atoms with Gasteiger partial charge in [-0.1, -0.05) is 29.3 Å². The number of benzene rings is 1. The molecule has 2 amide bonds. The van der Waals surface area contributed by atoms with Gasteiger partial charge in [0.25, 0.3) is 5.91 Å². The number of aromatic nitrogens is 4. The van der Waals surface area contributed by atoms with E-state index in [9.17, 15) is 9.59 Å². The molecule has 0 spiro atoms. The first-order valence-corrected chi connectivity index (χ1v) is 9.50. The van der Waals surface area contributed by atoms with Gasteiger partial charge in [0.05, 0.1) is 33.7 Å². The summed E-state index contributed by atoms with van der Waals surface area (Å²) in [5, 5.41) is 14.6. The lowest BCUT2D eigenvalue weighted by Crippen LogP contribution is -2.35. The summed E-state index contributed by atoms with van der Waals surface area (Å²) < 4.78 is 1.76. The molecule has 29 heavy (non-hydrogen) atoms. The second kappa shape index (κ2) is 8.26. The third-order valence-corrected chi connectivity index (χ3v) is 5.16. The van der Waals surface area contributed by atoms with Gasteiger partial charge in [0.2, 0.25) is 5.91 Å². The van der Waals surface area contributed by atoms with Gasteiger partial charge in [0.1, 0.15) is 5.69 Å². The SMILES string of the molecule is Cc1nn(C)c(C)c1-c1cc(C(=O)N(C)CC(=O)Nc2c(Cl)cccc2Cl)[nH]n1. The van der Waals surface area contributed by atoms with Crippen LogP contribution in [0.1, 0.15) is 21.9 Å². The maximum atomic E-state index is 12.7. The molecule has 10 heteroatoms. The van der Waals surface area contributed by atoms with Crippen LogP contribution in [0.5, 0.6) is 0 Å². The normalized spacial score (nSPS) is 10.8. The molecule has 0 fully saturated rings. The number of aryl methyl sites for hydroxylation is 2. The van der Waals surface area contributed by atoms with E-state index in [0.717, 1.165) is 17.0 Å². The fraction of sp³-hybridized carbons (Fsp3) is 0.263. The molecule has 0 atom stereocenters. The number of halogens is 2. The summed E-state index contributed by atoms with van der Waals surface area (Å²) in [4.78, 5) is 26.3. The first-order chi connectivity index (χ1) is 13.7. The van der Waals surface area contributed by atoms with Crippen LogP contribution in [0.15, 0.2) is 24.3 Å². The van der Waals surface area contributed by atoms with Crippen molar-refractivity contribution >= 4 is 40.7 Å². The number of carbonyl (C=O) groups is 2. The zero-order valence-corrected chi connectivity index (χ0v) is 17.9. The van der Waals surface area contributed by atoms with Gasteiger partial charge in [0.15, 0.2) is 0 Å². The van der Waals surface area contributed by atoms with Crippen molar-refractivity contribution < 1.29 is 9.59 Å². The highest BCUT2D eigenvalue weighted by molar-refractivity contribution is 6.39. The van der Waals surface area contributed by atoms with E-state index in [2.05, 4.69) is 20.6 Å². The first-order valence-electron chi connectivity index (χ1n) is 8.74. The largest absolute Gasteiger partial charge is 0.331 e. The standard InChI is InChI=1S/C19H20Cl2N6O2/c1-10-17(11(2)27(4)25-10)14-8-15(24-23-14)19(29)26(3)9-16(28)22-18-12(20)6-5-7-13(18)21/h5-8H,9H2,1-4H3,(H,22,28)(H,23,24). The average molecular weight is 435 g/mol. The van der Waals surface area contributed by atoms with Crippen LogP contribution >= 0.6 is 23.2 Å². The first kappa shape index (κ1) is 20.9. The lowest BCUT2D eigenvalue weighted by molar-refractivity contribution is -0.116. The van der Waals surface area contributed by atoms with Crippen molar-refractivity contribution in [1.82, 2.24) is 24.9 Å². The fourth-order valence-electron chi connectivity index (χ4n) is 2.99. The predicted octanol–water partition coefficient (Wildman–Crippen LogP) is 3.44. The minimum absolute atomic E-state index is 0.181. The number of carbonyl (C=O) groups excluding carboxylic acids is 2. The molecular weight excluding hydrogens is 415 g/mol. The van der Waals surface area contributed by atoms with E-state index in [1.54, 1.807) is 28.9 Å². The Kier molecular flexibility index (Phi) is 5.95. The molecule has 3 rings (SSSR count). The van der Waals surface area contributed by atoms with E-state index in [-0.39, 0.29) is 18.1 Å². The second-order valence-electron chi connectivity index (χ2n) is 6.64. The minimum atomic E-state index is -0.422. The van der Waals surface area contributed by atoms with Gasteiger partial charge in [-0.3, -0.25) is 19.4 Å². The number of nitrogens with one attached hydrogen (secondary N) is 2. The average Bonchev–Trinajstić information content (AvgIpc) is 3.22. The Morgan fingerprint density at radius 2 is 1.90 bits per heavy atom. The molecule has 0 radical (unpaired) electrons. The Labute approximate surface area is 177 Å². The van der Waals surface area contributed by atoms with Crippen LogP contribution in [0.25, 0.3) is 11.3 Å². The van der Waals surface area contributed by atoms with Crippen molar-refractivity contribution in [1.29, 1.82) is 0 Å². The zero-order valence-electron chi connectivity index (χ0n) is 16.4. The molecule has 8 nitrogen and oxygen atoms in total. The topological polar surface area (TPSA) is 95.9 Å². The predicted molar refractivity (Wildman–Crippen MR) is 112 cm³/mol. The summed E-state index contributed by atoms with van der Waals surface area (Å²) in [6.07, 6.45) is 0. The molecule has 0 unspecified atom stereocenters. The van der Waals surface area contributed by atoms with Crippen molar-refractivity contribution in [2.75, 3.05) is 18.9 Å². The van der Waals surface area contributed by atoms with E-state index < -0.39 is 5.91 Å². The molecule has 3 aromatic rings. The number of H-pyrrole nitrogens is 1. The van der Waals surface area contributed by atoms with Crippen molar-refractivity contribution in [3.05, 3.63) is 51.4 Å². The third kappa shape index (κ3) is 4.28. The lowest BCUT2D eigenvalue weighted by atomic mass is 10.1. The molecule has 2 heterocycles. The van der Waals surface area contributed by atoms with Crippen molar-refractivity contribution in [3.63, 3.8) is 0 Å². The van der Waals surface area contributed by atoms with E-state index >= 15 is 0 Å². The number of hydrogen-bond donors (Lipinski definition) is 2. The minimum Gasteiger partial charge on any atom is -0.331 e. The van der Waals surface area contributed by atoms with Crippen LogP contribution in [0.2, 0.25) is 10.0 Å². The van der Waals surface area contributed by atoms with E-state index in [4.69, 9.17) is 23.2 Å². The summed E-state index contributed by atoms with van der Waals surface area (Å²) in [6, 6.07) is 6.56. The molecule has 0 aliphatic rings. The third-order valence-electron chi connectivity index (χ3n) is 4.53. The van der Waals surface area contributed by atoms with Gasteiger partial charge in [-0.15, -0.1) is 0 Å². The number of hydrogen-bond acceptors (Lipinski definition) is 4. The maximum Gasteiger partial charge on any atom is 0.272 e. The molecule has 0 aliphatic heterocycles. The van der Waals surface area contributed by atoms with Crippen LogP contribution in [-0.2, 0) is 11.8 Å².